The quantitative estimate of drug-likeness (QED) is 0.836. The molecule has 2 heterocycles. The fraction of sp³-hybridized carbons (Fsp3) is 0.357. The monoisotopic (exact) mass is 260 g/mol. The van der Waals surface area contributed by atoms with E-state index in [1.165, 1.54) is 0 Å². The number of benzene rings is 1. The molecule has 0 spiro atoms. The van der Waals surface area contributed by atoms with Gasteiger partial charge in [-0.2, -0.15) is 0 Å². The highest BCUT2D eigenvalue weighted by molar-refractivity contribution is 5.80. The summed E-state index contributed by atoms with van der Waals surface area (Å²) in [6.45, 7) is 3.25. The molecule has 0 amide bonds. The third kappa shape index (κ3) is 2.06. The average Bonchev–Trinajstić information content (AvgIpc) is 2.44. The number of rotatable bonds is 1. The molecular weight excluding hydrogens is 244 g/mol. The molecule has 5 heteroatoms. The van der Waals surface area contributed by atoms with Crippen molar-refractivity contribution >= 4 is 16.9 Å². The number of piperazine rings is 1. The lowest BCUT2D eigenvalue weighted by Gasteiger charge is -2.32. The molecule has 3 rings (SSSR count). The van der Waals surface area contributed by atoms with Gasteiger partial charge in [-0.05, 0) is 19.2 Å². The van der Waals surface area contributed by atoms with Crippen LogP contribution < -0.4 is 10.3 Å². The molecule has 2 aromatic rings. The number of hydrogen-bond donors (Lipinski definition) is 1. The maximum Gasteiger partial charge on any atom is 0.242 e. The van der Waals surface area contributed by atoms with Crippen molar-refractivity contribution in [2.45, 2.75) is 0 Å². The Morgan fingerprint density at radius 3 is 2.58 bits per heavy atom. The molecule has 1 aromatic heterocycles. The van der Waals surface area contributed by atoms with Gasteiger partial charge < -0.3 is 19.3 Å². The van der Waals surface area contributed by atoms with E-state index in [4.69, 9.17) is 4.42 Å². The van der Waals surface area contributed by atoms with Gasteiger partial charge in [0.15, 0.2) is 0 Å². The van der Waals surface area contributed by atoms with Crippen LogP contribution in [0, 0.1) is 0 Å². The smallest absolute Gasteiger partial charge is 0.242 e. The standard InChI is InChI=1S/C14H16N2O3/c1-15-6-8-16(9-7-15)14-13(18)12(17)10-4-2-3-5-11(10)19-14/h2-5,18H,6-9H2,1H3. The van der Waals surface area contributed by atoms with Crippen molar-refractivity contribution in [2.24, 2.45) is 0 Å². The van der Waals surface area contributed by atoms with Crippen molar-refractivity contribution in [1.29, 1.82) is 0 Å². The van der Waals surface area contributed by atoms with Crippen LogP contribution in [0.25, 0.3) is 11.0 Å². The molecule has 5 nitrogen and oxygen atoms in total. The molecule has 0 aliphatic carbocycles. The summed E-state index contributed by atoms with van der Waals surface area (Å²) < 4.78 is 5.71. The molecule has 100 valence electrons. The van der Waals surface area contributed by atoms with Gasteiger partial charge in [-0.1, -0.05) is 12.1 Å². The van der Waals surface area contributed by atoms with E-state index in [1.807, 2.05) is 18.0 Å². The van der Waals surface area contributed by atoms with E-state index in [0.717, 1.165) is 26.2 Å². The van der Waals surface area contributed by atoms with E-state index in [2.05, 4.69) is 4.90 Å². The highest BCUT2D eigenvalue weighted by Gasteiger charge is 2.22. The zero-order valence-electron chi connectivity index (χ0n) is 10.8. The molecule has 1 aliphatic heterocycles. The molecule has 19 heavy (non-hydrogen) atoms. The van der Waals surface area contributed by atoms with Gasteiger partial charge in [-0.25, -0.2) is 0 Å². The van der Waals surface area contributed by atoms with Gasteiger partial charge in [0.25, 0.3) is 0 Å². The molecule has 1 N–H and O–H groups in total. The number of hydrogen-bond acceptors (Lipinski definition) is 5. The highest BCUT2D eigenvalue weighted by Crippen LogP contribution is 2.28. The highest BCUT2D eigenvalue weighted by atomic mass is 16.4. The Morgan fingerprint density at radius 2 is 1.84 bits per heavy atom. The van der Waals surface area contributed by atoms with Crippen LogP contribution in [0.1, 0.15) is 0 Å². The fourth-order valence-electron chi connectivity index (χ4n) is 2.34. The second-order valence-electron chi connectivity index (χ2n) is 4.87. The third-order valence-electron chi connectivity index (χ3n) is 3.55. The van der Waals surface area contributed by atoms with Gasteiger partial charge in [-0.3, -0.25) is 4.79 Å². The Morgan fingerprint density at radius 1 is 1.16 bits per heavy atom. The van der Waals surface area contributed by atoms with Crippen molar-refractivity contribution in [1.82, 2.24) is 4.90 Å². The molecule has 1 aromatic carbocycles. The lowest BCUT2D eigenvalue weighted by molar-refractivity contribution is 0.303. The molecule has 0 saturated carbocycles. The van der Waals surface area contributed by atoms with E-state index >= 15 is 0 Å². The second-order valence-corrected chi connectivity index (χ2v) is 4.87. The number of aromatic hydroxyl groups is 1. The van der Waals surface area contributed by atoms with Gasteiger partial charge in [0.2, 0.25) is 17.1 Å². The number of likely N-dealkylation sites (N-methyl/N-ethyl adjacent to an activating group) is 1. The Labute approximate surface area is 110 Å². The maximum atomic E-state index is 12.1. The van der Waals surface area contributed by atoms with Gasteiger partial charge in [0, 0.05) is 26.2 Å². The largest absolute Gasteiger partial charge is 0.500 e. The molecule has 0 bridgehead atoms. The van der Waals surface area contributed by atoms with Crippen molar-refractivity contribution in [3.05, 3.63) is 34.5 Å². The Bertz CT molecular complexity index is 657. The van der Waals surface area contributed by atoms with Crippen molar-refractivity contribution in [3.63, 3.8) is 0 Å². The van der Waals surface area contributed by atoms with Crippen molar-refractivity contribution in [2.75, 3.05) is 38.1 Å². The average molecular weight is 260 g/mol. The number of para-hydroxylation sites is 1. The maximum absolute atomic E-state index is 12.1. The van der Waals surface area contributed by atoms with Gasteiger partial charge in [0.1, 0.15) is 5.58 Å². The molecular formula is C14H16N2O3. The minimum atomic E-state index is -0.365. The lowest BCUT2D eigenvalue weighted by Crippen LogP contribution is -2.44. The number of fused-ring (bicyclic) bond motifs is 1. The predicted molar refractivity (Wildman–Crippen MR) is 73.9 cm³/mol. The summed E-state index contributed by atoms with van der Waals surface area (Å²) in [5.74, 6) is 0.0000491. The molecule has 1 fully saturated rings. The van der Waals surface area contributed by atoms with Crippen LogP contribution in [0.5, 0.6) is 5.75 Å². The van der Waals surface area contributed by atoms with Crippen LogP contribution in [0.4, 0.5) is 5.88 Å². The topological polar surface area (TPSA) is 56.9 Å². The molecule has 0 atom stereocenters. The summed E-state index contributed by atoms with van der Waals surface area (Å²) in [6, 6.07) is 6.98. The van der Waals surface area contributed by atoms with Crippen LogP contribution in [0.2, 0.25) is 0 Å². The first kappa shape index (κ1) is 12.0. The minimum absolute atomic E-state index is 0.289. The van der Waals surface area contributed by atoms with E-state index in [9.17, 15) is 9.90 Å². The zero-order valence-corrected chi connectivity index (χ0v) is 10.8. The third-order valence-corrected chi connectivity index (χ3v) is 3.55. The first-order chi connectivity index (χ1) is 9.16. The second kappa shape index (κ2) is 4.59. The van der Waals surface area contributed by atoms with Crippen LogP contribution in [-0.4, -0.2) is 43.2 Å². The SMILES string of the molecule is CN1CCN(c2oc3ccccc3c(=O)c2O)CC1. The normalized spacial score (nSPS) is 17.0. The molecule has 1 aliphatic rings. The first-order valence-corrected chi connectivity index (χ1v) is 6.35. The van der Waals surface area contributed by atoms with Crippen LogP contribution in [0.3, 0.4) is 0 Å². The van der Waals surface area contributed by atoms with Crippen LogP contribution in [-0.2, 0) is 0 Å². The van der Waals surface area contributed by atoms with E-state index in [0.29, 0.717) is 11.0 Å². The van der Waals surface area contributed by atoms with Crippen molar-refractivity contribution in [3.8, 4) is 5.75 Å². The lowest BCUT2D eigenvalue weighted by atomic mass is 10.2. The van der Waals surface area contributed by atoms with E-state index in [1.54, 1.807) is 18.2 Å². The summed E-state index contributed by atoms with van der Waals surface area (Å²) in [5.41, 5.74) is 0.148. The predicted octanol–water partition coefficient (Wildman–Crippen LogP) is 1.25. The molecule has 0 unspecified atom stereocenters. The van der Waals surface area contributed by atoms with Crippen LogP contribution in [0.15, 0.2) is 33.5 Å². The summed E-state index contributed by atoms with van der Waals surface area (Å²) in [5, 5.41) is 10.5. The van der Waals surface area contributed by atoms with Crippen molar-refractivity contribution < 1.29 is 9.52 Å². The van der Waals surface area contributed by atoms with Gasteiger partial charge in [-0.15, -0.1) is 0 Å². The van der Waals surface area contributed by atoms with Crippen LogP contribution >= 0.6 is 0 Å². The van der Waals surface area contributed by atoms with Gasteiger partial charge >= 0.3 is 0 Å². The fourth-order valence-corrected chi connectivity index (χ4v) is 2.34. The Kier molecular flexibility index (Phi) is 2.91. The Balaban J connectivity index is 2.09. The summed E-state index contributed by atoms with van der Waals surface area (Å²) >= 11 is 0. The molecule has 0 radical (unpaired) electrons. The number of nitrogens with zero attached hydrogens (tertiary/aromatic N) is 2. The van der Waals surface area contributed by atoms with Gasteiger partial charge in [0.05, 0.1) is 5.39 Å². The van der Waals surface area contributed by atoms with E-state index in [-0.39, 0.29) is 17.1 Å². The zero-order chi connectivity index (χ0) is 13.4. The summed E-state index contributed by atoms with van der Waals surface area (Å²) in [6.07, 6.45) is 0. The summed E-state index contributed by atoms with van der Waals surface area (Å²) in [7, 11) is 2.05. The molecule has 1 saturated heterocycles. The van der Waals surface area contributed by atoms with E-state index < -0.39 is 0 Å². The minimum Gasteiger partial charge on any atom is -0.500 e. The number of anilines is 1. The first-order valence-electron chi connectivity index (χ1n) is 6.35. The Hall–Kier alpha value is -2.01. The summed E-state index contributed by atoms with van der Waals surface area (Å²) in [4.78, 5) is 16.2.